The van der Waals surface area contributed by atoms with Gasteiger partial charge >= 0.3 is 18.1 Å². The second kappa shape index (κ2) is 8.88. The summed E-state index contributed by atoms with van der Waals surface area (Å²) in [7, 11) is 1.17. The molecule has 2 aromatic carbocycles. The Labute approximate surface area is 201 Å². The maximum Gasteiger partial charge on any atom is 0.471 e. The molecule has 0 bridgehead atoms. The van der Waals surface area contributed by atoms with Crippen LogP contribution in [-0.2, 0) is 20.9 Å². The lowest BCUT2D eigenvalue weighted by Gasteiger charge is -2.18. The quantitative estimate of drug-likeness (QED) is 0.386. The molecule has 0 atom stereocenters. The van der Waals surface area contributed by atoms with E-state index in [1.54, 1.807) is 35.6 Å². The van der Waals surface area contributed by atoms with Crippen molar-refractivity contribution in [3.8, 4) is 5.69 Å². The highest BCUT2D eigenvalue weighted by Crippen LogP contribution is 2.37. The van der Waals surface area contributed by atoms with Gasteiger partial charge in [-0.05, 0) is 42.7 Å². The Morgan fingerprint density at radius 1 is 1.11 bits per heavy atom. The van der Waals surface area contributed by atoms with Crippen molar-refractivity contribution in [2.75, 3.05) is 7.11 Å². The first-order valence-electron chi connectivity index (χ1n) is 10.3. The third-order valence-electron chi connectivity index (χ3n) is 5.70. The van der Waals surface area contributed by atoms with Crippen LogP contribution in [-0.4, -0.2) is 41.2 Å². The summed E-state index contributed by atoms with van der Waals surface area (Å²) in [6, 6.07) is 10.7. The van der Waals surface area contributed by atoms with Gasteiger partial charge < -0.3 is 19.9 Å². The van der Waals surface area contributed by atoms with Crippen LogP contribution in [0, 0.1) is 5.82 Å². The third kappa shape index (κ3) is 4.55. The number of halogens is 5. The zero-order valence-electron chi connectivity index (χ0n) is 18.1. The molecule has 184 valence electrons. The lowest BCUT2D eigenvalue weighted by atomic mass is 10.1. The average Bonchev–Trinajstić information content (AvgIpc) is 3.53. The minimum Gasteiger partial charge on any atom is -0.464 e. The number of hydrogen-bond donors (Lipinski definition) is 2. The molecule has 2 N–H and O–H groups in total. The number of nitrogens with one attached hydrogen (secondary N) is 2. The number of alkyl halides is 3. The normalized spacial score (nSPS) is 14.5. The Morgan fingerprint density at radius 3 is 2.34 bits per heavy atom. The third-order valence-corrected chi connectivity index (χ3v) is 6.07. The fourth-order valence-electron chi connectivity index (χ4n) is 3.74. The van der Waals surface area contributed by atoms with Gasteiger partial charge in [0, 0.05) is 12.2 Å². The van der Waals surface area contributed by atoms with Crippen LogP contribution < -0.4 is 10.6 Å². The smallest absolute Gasteiger partial charge is 0.464 e. The molecule has 0 spiro atoms. The predicted molar refractivity (Wildman–Crippen MR) is 118 cm³/mol. The fourth-order valence-corrected chi connectivity index (χ4v) is 4.08. The van der Waals surface area contributed by atoms with Gasteiger partial charge in [0.25, 0.3) is 0 Å². The number of methoxy groups -OCH3 is 1. The average molecular weight is 512 g/mol. The van der Waals surface area contributed by atoms with Crippen molar-refractivity contribution < 1.29 is 36.7 Å². The van der Waals surface area contributed by atoms with Gasteiger partial charge in [-0.1, -0.05) is 29.8 Å². The van der Waals surface area contributed by atoms with E-state index >= 15 is 0 Å². The van der Waals surface area contributed by atoms with E-state index in [9.17, 15) is 31.9 Å². The molecular formula is C23H18ClF4N3O4. The summed E-state index contributed by atoms with van der Waals surface area (Å²) >= 11 is 6.31. The molecular weight excluding hydrogens is 494 g/mol. The monoisotopic (exact) mass is 511 g/mol. The Morgan fingerprint density at radius 2 is 1.77 bits per heavy atom. The minimum atomic E-state index is -5.08. The van der Waals surface area contributed by atoms with Crippen molar-refractivity contribution in [2.24, 2.45) is 0 Å². The molecule has 1 fully saturated rings. The zero-order valence-corrected chi connectivity index (χ0v) is 18.9. The van der Waals surface area contributed by atoms with Crippen molar-refractivity contribution in [3.05, 3.63) is 64.6 Å². The molecule has 7 nitrogen and oxygen atoms in total. The molecule has 0 radical (unpaired) electrons. The molecule has 1 aliphatic carbocycles. The summed E-state index contributed by atoms with van der Waals surface area (Å²) in [6.07, 6.45) is -4.87. The van der Waals surface area contributed by atoms with Crippen molar-refractivity contribution in [1.29, 1.82) is 0 Å². The number of rotatable bonds is 6. The maximum atomic E-state index is 14.4. The lowest BCUT2D eigenvalue weighted by Crippen LogP contribution is -2.52. The van der Waals surface area contributed by atoms with Crippen LogP contribution in [0.4, 0.5) is 17.6 Å². The number of aromatic nitrogens is 1. The molecule has 1 heterocycles. The van der Waals surface area contributed by atoms with Crippen LogP contribution in [0.1, 0.15) is 28.9 Å². The maximum absolute atomic E-state index is 14.4. The molecule has 0 saturated heterocycles. The Hall–Kier alpha value is -3.60. The van der Waals surface area contributed by atoms with E-state index < -0.39 is 35.3 Å². The van der Waals surface area contributed by atoms with Gasteiger partial charge in [-0.15, -0.1) is 0 Å². The summed E-state index contributed by atoms with van der Waals surface area (Å²) in [5.41, 5.74) is -0.237. The highest BCUT2D eigenvalue weighted by Gasteiger charge is 2.54. The van der Waals surface area contributed by atoms with E-state index in [2.05, 4.69) is 5.32 Å². The summed E-state index contributed by atoms with van der Waals surface area (Å²) in [5, 5.41) is 4.24. The molecule has 3 aromatic rings. The Bertz CT molecular complexity index is 1330. The number of ether oxygens (including phenoxy) is 1. The Kier molecular flexibility index (Phi) is 6.22. The summed E-state index contributed by atoms with van der Waals surface area (Å²) in [6.45, 7) is -0.0194. The molecule has 1 aromatic heterocycles. The van der Waals surface area contributed by atoms with E-state index in [0.717, 1.165) is 0 Å². The SMILES string of the molecule is COC(=O)c1c(Cl)c2c(F)cccc2n1-c1ccc(CNC(=O)C2(NC(=O)C(F)(F)F)CC2)cc1. The predicted octanol–water partition coefficient (Wildman–Crippen LogP) is 4.04. The number of nitrogens with zero attached hydrogens (tertiary/aromatic N) is 1. The highest BCUT2D eigenvalue weighted by molar-refractivity contribution is 6.38. The first-order chi connectivity index (χ1) is 16.5. The summed E-state index contributed by atoms with van der Waals surface area (Å²) < 4.78 is 58.2. The number of benzene rings is 2. The zero-order chi connectivity index (χ0) is 25.5. The van der Waals surface area contributed by atoms with Crippen molar-refractivity contribution in [1.82, 2.24) is 15.2 Å². The van der Waals surface area contributed by atoms with E-state index in [-0.39, 0.29) is 35.5 Å². The molecule has 35 heavy (non-hydrogen) atoms. The molecule has 0 unspecified atom stereocenters. The second-order valence-corrected chi connectivity index (χ2v) is 8.38. The number of carbonyl (C=O) groups is 3. The molecule has 1 saturated carbocycles. The van der Waals surface area contributed by atoms with Crippen LogP contribution in [0.25, 0.3) is 16.6 Å². The van der Waals surface area contributed by atoms with Crippen LogP contribution >= 0.6 is 11.6 Å². The highest BCUT2D eigenvalue weighted by atomic mass is 35.5. The molecule has 0 aliphatic heterocycles. The van der Waals surface area contributed by atoms with Gasteiger partial charge in [-0.3, -0.25) is 9.59 Å². The molecule has 1 aliphatic rings. The largest absolute Gasteiger partial charge is 0.471 e. The number of fused-ring (bicyclic) bond motifs is 1. The lowest BCUT2D eigenvalue weighted by molar-refractivity contribution is -0.175. The summed E-state index contributed by atoms with van der Waals surface area (Å²) in [4.78, 5) is 36.0. The number of esters is 1. The Balaban J connectivity index is 1.55. The van der Waals surface area contributed by atoms with Crippen LogP contribution in [0.2, 0.25) is 5.02 Å². The van der Waals surface area contributed by atoms with Gasteiger partial charge in [0.1, 0.15) is 11.4 Å². The molecule has 2 amide bonds. The molecule has 4 rings (SSSR count). The van der Waals surface area contributed by atoms with Gasteiger partial charge in [0.05, 0.1) is 23.0 Å². The second-order valence-electron chi connectivity index (χ2n) is 8.01. The van der Waals surface area contributed by atoms with E-state index in [4.69, 9.17) is 16.3 Å². The van der Waals surface area contributed by atoms with Crippen molar-refractivity contribution in [2.45, 2.75) is 31.1 Å². The first kappa shape index (κ1) is 24.5. The van der Waals surface area contributed by atoms with Gasteiger partial charge in [-0.25, -0.2) is 9.18 Å². The summed E-state index contributed by atoms with van der Waals surface area (Å²) in [5.74, 6) is -4.25. The van der Waals surface area contributed by atoms with Gasteiger partial charge in [0.2, 0.25) is 5.91 Å². The van der Waals surface area contributed by atoms with Gasteiger partial charge in [0.15, 0.2) is 5.69 Å². The van der Waals surface area contributed by atoms with E-state index in [0.29, 0.717) is 16.8 Å². The van der Waals surface area contributed by atoms with Crippen molar-refractivity contribution >= 4 is 40.3 Å². The number of amides is 2. The van der Waals surface area contributed by atoms with Crippen molar-refractivity contribution in [3.63, 3.8) is 0 Å². The minimum absolute atomic E-state index is 0.0194. The van der Waals surface area contributed by atoms with Gasteiger partial charge in [-0.2, -0.15) is 13.2 Å². The first-order valence-corrected chi connectivity index (χ1v) is 10.7. The van der Waals surface area contributed by atoms with Crippen LogP contribution in [0.5, 0.6) is 0 Å². The standard InChI is InChI=1S/C23H18ClF4N3O4/c1-35-19(32)18-17(24)16-14(25)3-2-4-15(16)31(18)13-7-5-12(6-8-13)11-29-20(33)22(9-10-22)30-21(34)23(26,27)28/h2-8H,9-11H2,1H3,(H,29,33)(H,30,34). The van der Waals surface area contributed by atoms with E-state index in [1.165, 1.54) is 23.8 Å². The number of carbonyl (C=O) groups excluding carboxylic acids is 3. The fraction of sp³-hybridized carbons (Fsp3) is 0.261. The number of hydrogen-bond acceptors (Lipinski definition) is 4. The van der Waals surface area contributed by atoms with E-state index in [1.807, 2.05) is 0 Å². The van der Waals surface area contributed by atoms with Crippen LogP contribution in [0.3, 0.4) is 0 Å². The van der Waals surface area contributed by atoms with Crippen LogP contribution in [0.15, 0.2) is 42.5 Å². The topological polar surface area (TPSA) is 89.4 Å². The molecule has 12 heteroatoms.